The molecule has 3 atom stereocenters. The third kappa shape index (κ3) is 1.91. The Morgan fingerprint density at radius 2 is 1.58 bits per heavy atom. The van der Waals surface area contributed by atoms with E-state index in [4.69, 9.17) is 0 Å². The Hall–Kier alpha value is -1.86. The fraction of sp³-hybridized carbons (Fsp3) is 0.222. The molecule has 19 heavy (non-hydrogen) atoms. The van der Waals surface area contributed by atoms with Gasteiger partial charge in [0.2, 0.25) is 0 Å². The molecule has 3 rings (SSSR count). The summed E-state index contributed by atoms with van der Waals surface area (Å²) in [5, 5.41) is 10.9. The van der Waals surface area contributed by atoms with Crippen LogP contribution in [0.4, 0.5) is 0 Å². The summed E-state index contributed by atoms with van der Waals surface area (Å²) in [5.74, 6) is 0.446. The zero-order chi connectivity index (χ0) is 13.3. The molecule has 96 valence electrons. The maximum atomic E-state index is 10.9. The molecule has 2 aromatic rings. The Labute approximate surface area is 114 Å². The van der Waals surface area contributed by atoms with Gasteiger partial charge in [0, 0.05) is 5.92 Å². The van der Waals surface area contributed by atoms with Gasteiger partial charge in [-0.3, -0.25) is 0 Å². The molecule has 1 aliphatic carbocycles. The van der Waals surface area contributed by atoms with E-state index in [0.29, 0.717) is 5.92 Å². The zero-order valence-corrected chi connectivity index (χ0v) is 10.9. The molecule has 0 saturated heterocycles. The van der Waals surface area contributed by atoms with Crippen LogP contribution in [0.3, 0.4) is 0 Å². The lowest BCUT2D eigenvalue weighted by atomic mass is 9.56. The highest BCUT2D eigenvalue weighted by molar-refractivity contribution is 5.36. The summed E-state index contributed by atoms with van der Waals surface area (Å²) in [6.45, 7) is 3.92. The van der Waals surface area contributed by atoms with Crippen molar-refractivity contribution in [1.29, 1.82) is 0 Å². The third-order valence-electron chi connectivity index (χ3n) is 4.27. The lowest BCUT2D eigenvalue weighted by Crippen LogP contribution is -2.49. The number of rotatable bonds is 3. The van der Waals surface area contributed by atoms with Gasteiger partial charge in [0.1, 0.15) is 0 Å². The fourth-order valence-electron chi connectivity index (χ4n) is 3.19. The van der Waals surface area contributed by atoms with Gasteiger partial charge in [0.05, 0.1) is 5.60 Å². The fourth-order valence-corrected chi connectivity index (χ4v) is 3.19. The van der Waals surface area contributed by atoms with Crippen LogP contribution in [0.1, 0.15) is 23.5 Å². The topological polar surface area (TPSA) is 20.2 Å². The van der Waals surface area contributed by atoms with E-state index in [1.807, 2.05) is 42.5 Å². The Balaban J connectivity index is 1.91. The summed E-state index contributed by atoms with van der Waals surface area (Å²) < 4.78 is 0. The summed E-state index contributed by atoms with van der Waals surface area (Å²) >= 11 is 0. The molecule has 0 heterocycles. The van der Waals surface area contributed by atoms with Crippen molar-refractivity contribution in [3.05, 3.63) is 84.4 Å². The molecule has 0 radical (unpaired) electrons. The number of hydrogen-bond donors (Lipinski definition) is 1. The quantitative estimate of drug-likeness (QED) is 0.820. The van der Waals surface area contributed by atoms with Crippen LogP contribution in [-0.4, -0.2) is 5.11 Å². The van der Waals surface area contributed by atoms with Gasteiger partial charge >= 0.3 is 0 Å². The lowest BCUT2D eigenvalue weighted by Gasteiger charge is -2.51. The van der Waals surface area contributed by atoms with Crippen LogP contribution in [0.2, 0.25) is 0 Å². The second kappa shape index (κ2) is 4.67. The molecule has 0 bridgehead atoms. The second-order valence-electron chi connectivity index (χ2n) is 5.27. The summed E-state index contributed by atoms with van der Waals surface area (Å²) in [7, 11) is 0. The average Bonchev–Trinajstić information content (AvgIpc) is 2.47. The maximum Gasteiger partial charge on any atom is 0.0970 e. The van der Waals surface area contributed by atoms with E-state index in [0.717, 1.165) is 12.0 Å². The van der Waals surface area contributed by atoms with Gasteiger partial charge in [-0.25, -0.2) is 0 Å². The highest BCUT2D eigenvalue weighted by Crippen LogP contribution is 2.56. The smallest absolute Gasteiger partial charge is 0.0970 e. The molecule has 1 fully saturated rings. The zero-order valence-electron chi connectivity index (χ0n) is 10.9. The van der Waals surface area contributed by atoms with E-state index in [9.17, 15) is 5.11 Å². The molecule has 1 saturated carbocycles. The van der Waals surface area contributed by atoms with Crippen LogP contribution < -0.4 is 0 Å². The highest BCUT2D eigenvalue weighted by atomic mass is 16.3. The third-order valence-corrected chi connectivity index (χ3v) is 4.27. The van der Waals surface area contributed by atoms with Crippen molar-refractivity contribution in [3.8, 4) is 0 Å². The van der Waals surface area contributed by atoms with Gasteiger partial charge in [0.25, 0.3) is 0 Å². The predicted octanol–water partition coefficient (Wildman–Crippen LogP) is 3.86. The Morgan fingerprint density at radius 3 is 2.16 bits per heavy atom. The molecule has 0 spiro atoms. The Kier molecular flexibility index (Phi) is 3.00. The number of aliphatic hydroxyl groups is 1. The van der Waals surface area contributed by atoms with E-state index in [2.05, 4.69) is 30.8 Å². The second-order valence-corrected chi connectivity index (χ2v) is 5.27. The molecule has 3 unspecified atom stereocenters. The maximum absolute atomic E-state index is 10.9. The first kappa shape index (κ1) is 12.2. The molecule has 0 amide bonds. The minimum absolute atomic E-state index is 0.0808. The SMILES string of the molecule is C=CC1C(c2ccccc2)CC1(O)c1ccccc1. The summed E-state index contributed by atoms with van der Waals surface area (Å²) in [5.41, 5.74) is 1.52. The summed E-state index contributed by atoms with van der Waals surface area (Å²) in [4.78, 5) is 0. The van der Waals surface area contributed by atoms with Gasteiger partial charge in [0.15, 0.2) is 0 Å². The Morgan fingerprint density at radius 1 is 1.00 bits per heavy atom. The van der Waals surface area contributed by atoms with Gasteiger partial charge in [-0.05, 0) is 23.5 Å². The van der Waals surface area contributed by atoms with Crippen molar-refractivity contribution in [2.45, 2.75) is 17.9 Å². The van der Waals surface area contributed by atoms with E-state index in [1.54, 1.807) is 0 Å². The Bertz CT molecular complexity index is 561. The van der Waals surface area contributed by atoms with Gasteiger partial charge in [-0.2, -0.15) is 0 Å². The van der Waals surface area contributed by atoms with Crippen molar-refractivity contribution < 1.29 is 5.11 Å². The molecule has 0 aliphatic heterocycles. The van der Waals surface area contributed by atoms with Crippen molar-refractivity contribution >= 4 is 0 Å². The van der Waals surface area contributed by atoms with Crippen molar-refractivity contribution in [1.82, 2.24) is 0 Å². The van der Waals surface area contributed by atoms with Crippen molar-refractivity contribution in [2.75, 3.05) is 0 Å². The van der Waals surface area contributed by atoms with Crippen LogP contribution in [0.25, 0.3) is 0 Å². The largest absolute Gasteiger partial charge is 0.385 e. The van der Waals surface area contributed by atoms with Crippen molar-refractivity contribution in [2.24, 2.45) is 5.92 Å². The first-order chi connectivity index (χ1) is 9.25. The predicted molar refractivity (Wildman–Crippen MR) is 77.8 cm³/mol. The molecule has 1 heteroatoms. The van der Waals surface area contributed by atoms with Crippen LogP contribution in [0.15, 0.2) is 73.3 Å². The number of benzene rings is 2. The van der Waals surface area contributed by atoms with Crippen LogP contribution in [-0.2, 0) is 5.60 Å². The van der Waals surface area contributed by atoms with Crippen LogP contribution >= 0.6 is 0 Å². The summed E-state index contributed by atoms with van der Waals surface area (Å²) in [6.07, 6.45) is 2.66. The minimum atomic E-state index is -0.760. The lowest BCUT2D eigenvalue weighted by molar-refractivity contribution is -0.0974. The molecule has 2 aromatic carbocycles. The van der Waals surface area contributed by atoms with Crippen molar-refractivity contribution in [3.63, 3.8) is 0 Å². The van der Waals surface area contributed by atoms with E-state index >= 15 is 0 Å². The molecular weight excluding hydrogens is 232 g/mol. The van der Waals surface area contributed by atoms with Gasteiger partial charge < -0.3 is 5.11 Å². The average molecular weight is 250 g/mol. The van der Waals surface area contributed by atoms with E-state index in [-0.39, 0.29) is 5.92 Å². The molecule has 0 aromatic heterocycles. The minimum Gasteiger partial charge on any atom is -0.385 e. The molecule has 1 aliphatic rings. The summed E-state index contributed by atoms with van der Waals surface area (Å²) in [6, 6.07) is 20.3. The van der Waals surface area contributed by atoms with E-state index in [1.165, 1.54) is 5.56 Å². The standard InChI is InChI=1S/C18H18O/c1-2-17-16(14-9-5-3-6-10-14)13-18(17,19)15-11-7-4-8-12-15/h2-12,16-17,19H,1,13H2. The number of hydrogen-bond acceptors (Lipinski definition) is 1. The molecule has 1 nitrogen and oxygen atoms in total. The van der Waals surface area contributed by atoms with Crippen LogP contribution in [0.5, 0.6) is 0 Å². The monoisotopic (exact) mass is 250 g/mol. The van der Waals surface area contributed by atoms with Gasteiger partial charge in [-0.15, -0.1) is 6.58 Å². The van der Waals surface area contributed by atoms with Crippen LogP contribution in [0, 0.1) is 5.92 Å². The highest BCUT2D eigenvalue weighted by Gasteiger charge is 2.52. The molecule has 1 N–H and O–H groups in total. The first-order valence-corrected chi connectivity index (χ1v) is 6.71. The van der Waals surface area contributed by atoms with Gasteiger partial charge in [-0.1, -0.05) is 66.7 Å². The molecular formula is C18H18O. The first-order valence-electron chi connectivity index (χ1n) is 6.71. The normalized spacial score (nSPS) is 29.5. The van der Waals surface area contributed by atoms with E-state index < -0.39 is 5.60 Å².